The second-order valence-electron chi connectivity index (χ2n) is 5.93. The number of aryl methyl sites for hydroxylation is 2. The van der Waals surface area contributed by atoms with Gasteiger partial charge in [0.25, 0.3) is 5.69 Å². The molecule has 0 aliphatic carbocycles. The molecule has 29 heavy (non-hydrogen) atoms. The number of nitrogens with zero attached hydrogens (tertiary/aromatic N) is 2. The van der Waals surface area contributed by atoms with Gasteiger partial charge >= 0.3 is 11.9 Å². The lowest BCUT2D eigenvalue weighted by Gasteiger charge is -2.18. The predicted octanol–water partition coefficient (Wildman–Crippen LogP) is 1.57. The van der Waals surface area contributed by atoms with Crippen molar-refractivity contribution in [2.45, 2.75) is 13.8 Å². The number of pyridine rings is 1. The van der Waals surface area contributed by atoms with E-state index in [0.717, 1.165) is 0 Å². The number of hydrogen-bond donors (Lipinski definition) is 2. The molecule has 2 aromatic rings. The predicted molar refractivity (Wildman–Crippen MR) is 101 cm³/mol. The summed E-state index contributed by atoms with van der Waals surface area (Å²) in [5, 5.41) is 29.1. The van der Waals surface area contributed by atoms with Gasteiger partial charge in [0.05, 0.1) is 40.7 Å². The fourth-order valence-corrected chi connectivity index (χ4v) is 2.83. The first-order chi connectivity index (χ1) is 13.8. The molecule has 2 rings (SSSR count). The average Bonchev–Trinajstić information content (AvgIpc) is 2.69. The first-order valence-corrected chi connectivity index (χ1v) is 8.63. The van der Waals surface area contributed by atoms with Crippen LogP contribution in [0.25, 0.3) is 11.1 Å². The highest BCUT2D eigenvalue weighted by molar-refractivity contribution is 6.07. The Morgan fingerprint density at radius 2 is 1.55 bits per heavy atom. The van der Waals surface area contributed by atoms with Crippen LogP contribution >= 0.6 is 0 Å². The van der Waals surface area contributed by atoms with Gasteiger partial charge in [-0.2, -0.15) is 0 Å². The van der Waals surface area contributed by atoms with E-state index in [1.54, 1.807) is 0 Å². The van der Waals surface area contributed by atoms with Crippen LogP contribution in [-0.4, -0.2) is 58.5 Å². The van der Waals surface area contributed by atoms with E-state index in [4.69, 9.17) is 19.7 Å². The Bertz CT molecular complexity index is 898. The number of nitro benzene ring substituents is 1. The first-order valence-electron chi connectivity index (χ1n) is 8.63. The molecule has 10 nitrogen and oxygen atoms in total. The molecule has 0 saturated carbocycles. The Balaban J connectivity index is 2.80. The van der Waals surface area contributed by atoms with Gasteiger partial charge in [-0.05, 0) is 19.4 Å². The Hall–Kier alpha value is -3.37. The van der Waals surface area contributed by atoms with E-state index in [0.29, 0.717) is 0 Å². The topological polar surface area (TPSA) is 149 Å². The second kappa shape index (κ2) is 9.71. The number of nitro groups is 1. The maximum Gasteiger partial charge on any atom is 0.340 e. The molecular weight excluding hydrogens is 384 g/mol. The average molecular weight is 404 g/mol. The van der Waals surface area contributed by atoms with Gasteiger partial charge in [0.1, 0.15) is 13.2 Å². The molecule has 0 radical (unpaired) electrons. The number of benzene rings is 1. The SMILES string of the molecule is Cc1nc(C)c(C(=O)OCCO)c(-c2cccc([N+](=O)[O-])c2)c1C(=O)OCCO. The lowest BCUT2D eigenvalue weighted by Crippen LogP contribution is -2.19. The molecule has 1 heterocycles. The number of aliphatic hydroxyl groups is 2. The van der Waals surface area contributed by atoms with Crippen LogP contribution in [0, 0.1) is 24.0 Å². The molecule has 1 aromatic carbocycles. The number of carbonyl (C=O) groups is 2. The Kier molecular flexibility index (Phi) is 7.34. The minimum absolute atomic E-state index is 0.0690. The molecule has 0 fully saturated rings. The maximum atomic E-state index is 12.6. The van der Waals surface area contributed by atoms with E-state index in [1.165, 1.54) is 38.1 Å². The molecule has 0 unspecified atom stereocenters. The summed E-state index contributed by atoms with van der Waals surface area (Å²) < 4.78 is 10.00. The summed E-state index contributed by atoms with van der Waals surface area (Å²) in [6, 6.07) is 5.43. The van der Waals surface area contributed by atoms with Crippen LogP contribution < -0.4 is 0 Å². The molecule has 1 aromatic heterocycles. The summed E-state index contributed by atoms with van der Waals surface area (Å²) in [4.78, 5) is 40.1. The molecule has 0 amide bonds. The highest BCUT2D eigenvalue weighted by Gasteiger charge is 2.28. The molecule has 0 aliphatic heterocycles. The first kappa shape index (κ1) is 21.9. The third-order valence-electron chi connectivity index (χ3n) is 3.96. The number of ether oxygens (including phenoxy) is 2. The number of hydrogen-bond acceptors (Lipinski definition) is 9. The van der Waals surface area contributed by atoms with Gasteiger partial charge in [-0.15, -0.1) is 0 Å². The fraction of sp³-hybridized carbons (Fsp3) is 0.316. The van der Waals surface area contributed by atoms with Crippen molar-refractivity contribution in [2.75, 3.05) is 26.4 Å². The van der Waals surface area contributed by atoms with Gasteiger partial charge in [0.2, 0.25) is 0 Å². The minimum Gasteiger partial charge on any atom is -0.460 e. The summed E-state index contributed by atoms with van der Waals surface area (Å²) in [5.74, 6) is -1.69. The number of aromatic nitrogens is 1. The Morgan fingerprint density at radius 1 is 1.03 bits per heavy atom. The number of rotatable bonds is 8. The van der Waals surface area contributed by atoms with Crippen LogP contribution in [0.4, 0.5) is 5.69 Å². The van der Waals surface area contributed by atoms with Crippen LogP contribution in [0.15, 0.2) is 24.3 Å². The van der Waals surface area contributed by atoms with Gasteiger partial charge in [-0.1, -0.05) is 12.1 Å². The minimum atomic E-state index is -0.846. The van der Waals surface area contributed by atoms with E-state index in [2.05, 4.69) is 4.98 Å². The standard InChI is InChI=1S/C19H20N2O8/c1-11-15(18(24)28-8-6-22)17(13-4-3-5-14(10-13)21(26)27)16(12(2)20-11)19(25)29-9-7-23/h3-5,10,22-23H,6-9H2,1-2H3. The highest BCUT2D eigenvalue weighted by Crippen LogP contribution is 2.34. The van der Waals surface area contributed by atoms with Crippen molar-refractivity contribution in [3.05, 3.63) is 56.9 Å². The highest BCUT2D eigenvalue weighted by atomic mass is 16.6. The van der Waals surface area contributed by atoms with E-state index in [9.17, 15) is 19.7 Å². The van der Waals surface area contributed by atoms with Crippen LogP contribution in [0.1, 0.15) is 32.1 Å². The van der Waals surface area contributed by atoms with Crippen molar-refractivity contribution in [1.29, 1.82) is 0 Å². The lowest BCUT2D eigenvalue weighted by molar-refractivity contribution is -0.384. The van der Waals surface area contributed by atoms with Gasteiger partial charge in [0, 0.05) is 17.7 Å². The van der Waals surface area contributed by atoms with E-state index >= 15 is 0 Å². The third kappa shape index (κ3) is 4.92. The smallest absolute Gasteiger partial charge is 0.340 e. The maximum absolute atomic E-state index is 12.6. The van der Waals surface area contributed by atoms with Crippen molar-refractivity contribution >= 4 is 17.6 Å². The van der Waals surface area contributed by atoms with E-state index < -0.39 is 30.1 Å². The van der Waals surface area contributed by atoms with Crippen LogP contribution in [0.2, 0.25) is 0 Å². The molecule has 0 bridgehead atoms. The Labute approximate surface area is 165 Å². The van der Waals surface area contributed by atoms with Gasteiger partial charge in [0.15, 0.2) is 0 Å². The van der Waals surface area contributed by atoms with E-state index in [1.807, 2.05) is 0 Å². The van der Waals surface area contributed by atoms with Gasteiger partial charge in [-0.25, -0.2) is 9.59 Å². The normalized spacial score (nSPS) is 10.5. The summed E-state index contributed by atoms with van der Waals surface area (Å²) in [6.07, 6.45) is 0. The molecular formula is C19H20N2O8. The summed E-state index contributed by atoms with van der Waals surface area (Å²) in [5.41, 5.74) is 0.403. The fourth-order valence-electron chi connectivity index (χ4n) is 2.83. The summed E-state index contributed by atoms with van der Waals surface area (Å²) >= 11 is 0. The van der Waals surface area contributed by atoms with Crippen LogP contribution in [0.5, 0.6) is 0 Å². The molecule has 0 atom stereocenters. The lowest BCUT2D eigenvalue weighted by atomic mass is 9.92. The molecule has 154 valence electrons. The van der Waals surface area contributed by atoms with Crippen molar-refractivity contribution in [3.8, 4) is 11.1 Å². The van der Waals surface area contributed by atoms with Crippen molar-refractivity contribution in [1.82, 2.24) is 4.98 Å². The zero-order chi connectivity index (χ0) is 21.6. The second-order valence-corrected chi connectivity index (χ2v) is 5.93. The van der Waals surface area contributed by atoms with Crippen LogP contribution in [0.3, 0.4) is 0 Å². The zero-order valence-electron chi connectivity index (χ0n) is 15.9. The van der Waals surface area contributed by atoms with Crippen molar-refractivity contribution in [2.24, 2.45) is 0 Å². The molecule has 0 spiro atoms. The van der Waals surface area contributed by atoms with E-state index in [-0.39, 0.29) is 52.5 Å². The summed E-state index contributed by atoms with van der Waals surface area (Å²) in [6.45, 7) is 1.72. The monoisotopic (exact) mass is 404 g/mol. The number of non-ortho nitro benzene ring substituents is 1. The quantitative estimate of drug-likeness (QED) is 0.380. The summed E-state index contributed by atoms with van der Waals surface area (Å²) in [7, 11) is 0. The molecule has 2 N–H and O–H groups in total. The van der Waals surface area contributed by atoms with Crippen LogP contribution in [-0.2, 0) is 9.47 Å². The van der Waals surface area contributed by atoms with Crippen molar-refractivity contribution in [3.63, 3.8) is 0 Å². The van der Waals surface area contributed by atoms with Gasteiger partial charge in [-0.3, -0.25) is 15.1 Å². The number of esters is 2. The van der Waals surface area contributed by atoms with Crippen molar-refractivity contribution < 1.29 is 34.2 Å². The third-order valence-corrected chi connectivity index (χ3v) is 3.96. The zero-order valence-corrected chi connectivity index (χ0v) is 15.9. The molecule has 0 saturated heterocycles. The van der Waals surface area contributed by atoms with Gasteiger partial charge < -0.3 is 19.7 Å². The number of carbonyl (C=O) groups excluding carboxylic acids is 2. The molecule has 0 aliphatic rings. The largest absolute Gasteiger partial charge is 0.460 e. The Morgan fingerprint density at radius 3 is 2.00 bits per heavy atom. The molecule has 10 heteroatoms. The number of aliphatic hydroxyl groups excluding tert-OH is 2.